The van der Waals surface area contributed by atoms with Gasteiger partial charge in [-0.3, -0.25) is 0 Å². The van der Waals surface area contributed by atoms with E-state index in [1.165, 1.54) is 6.07 Å². The van der Waals surface area contributed by atoms with Gasteiger partial charge in [-0.05, 0) is 42.9 Å². The average Bonchev–Trinajstić information content (AvgIpc) is 2.41. The first-order valence-corrected chi connectivity index (χ1v) is 7.81. The number of halogens is 3. The zero-order chi connectivity index (χ0) is 14.5. The molecule has 0 aliphatic heterocycles. The minimum atomic E-state index is -0.392. The van der Waals surface area contributed by atoms with Gasteiger partial charge in [0.1, 0.15) is 5.75 Å². The van der Waals surface area contributed by atoms with Crippen molar-refractivity contribution < 1.29 is 9.13 Å². The van der Waals surface area contributed by atoms with Gasteiger partial charge >= 0.3 is 0 Å². The van der Waals surface area contributed by atoms with Crippen LogP contribution >= 0.6 is 31.9 Å². The fourth-order valence-electron chi connectivity index (χ4n) is 1.72. The SMILES string of the molecule is CCNCc1cc(Br)ccc1Oc1ccc(Br)cc1F. The number of rotatable bonds is 5. The van der Waals surface area contributed by atoms with Crippen molar-refractivity contribution in [2.45, 2.75) is 13.5 Å². The summed E-state index contributed by atoms with van der Waals surface area (Å²) in [7, 11) is 0. The second kappa shape index (κ2) is 7.20. The van der Waals surface area contributed by atoms with E-state index >= 15 is 0 Å². The van der Waals surface area contributed by atoms with Gasteiger partial charge in [0.25, 0.3) is 0 Å². The van der Waals surface area contributed by atoms with Crippen molar-refractivity contribution in [3.05, 3.63) is 56.7 Å². The molecule has 2 aromatic rings. The Morgan fingerprint density at radius 2 is 1.70 bits per heavy atom. The Labute approximate surface area is 134 Å². The lowest BCUT2D eigenvalue weighted by molar-refractivity contribution is 0.435. The van der Waals surface area contributed by atoms with Crippen LogP contribution in [-0.2, 0) is 6.54 Å². The third-order valence-corrected chi connectivity index (χ3v) is 3.69. The lowest BCUT2D eigenvalue weighted by Gasteiger charge is -2.12. The van der Waals surface area contributed by atoms with E-state index in [9.17, 15) is 4.39 Å². The van der Waals surface area contributed by atoms with Gasteiger partial charge in [-0.25, -0.2) is 4.39 Å². The summed E-state index contributed by atoms with van der Waals surface area (Å²) in [6.45, 7) is 3.56. The van der Waals surface area contributed by atoms with Crippen LogP contribution in [0.1, 0.15) is 12.5 Å². The van der Waals surface area contributed by atoms with Gasteiger partial charge in [0, 0.05) is 21.1 Å². The van der Waals surface area contributed by atoms with E-state index in [0.29, 0.717) is 16.8 Å². The zero-order valence-electron chi connectivity index (χ0n) is 10.9. The van der Waals surface area contributed by atoms with Crippen molar-refractivity contribution >= 4 is 31.9 Å². The molecule has 106 valence electrons. The van der Waals surface area contributed by atoms with E-state index in [4.69, 9.17) is 4.74 Å². The van der Waals surface area contributed by atoms with E-state index in [2.05, 4.69) is 37.2 Å². The Kier molecular flexibility index (Phi) is 5.57. The topological polar surface area (TPSA) is 21.3 Å². The van der Waals surface area contributed by atoms with Crippen LogP contribution < -0.4 is 10.1 Å². The molecule has 0 amide bonds. The van der Waals surface area contributed by atoms with Crippen LogP contribution in [0.3, 0.4) is 0 Å². The molecule has 20 heavy (non-hydrogen) atoms. The highest BCUT2D eigenvalue weighted by Gasteiger charge is 2.09. The summed E-state index contributed by atoms with van der Waals surface area (Å²) in [6, 6.07) is 10.4. The quantitative estimate of drug-likeness (QED) is 0.737. The van der Waals surface area contributed by atoms with Crippen LogP contribution in [0.5, 0.6) is 11.5 Å². The van der Waals surface area contributed by atoms with Gasteiger partial charge < -0.3 is 10.1 Å². The second-order valence-corrected chi connectivity index (χ2v) is 6.04. The number of nitrogens with one attached hydrogen (secondary N) is 1. The molecule has 0 heterocycles. The van der Waals surface area contributed by atoms with Crippen LogP contribution in [0, 0.1) is 5.82 Å². The summed E-state index contributed by atoms with van der Waals surface area (Å²) in [5.41, 5.74) is 0.976. The van der Waals surface area contributed by atoms with Crippen molar-refractivity contribution in [3.8, 4) is 11.5 Å². The van der Waals surface area contributed by atoms with Crippen LogP contribution in [0.2, 0.25) is 0 Å². The van der Waals surface area contributed by atoms with Gasteiger partial charge in [0.05, 0.1) is 0 Å². The molecule has 5 heteroatoms. The van der Waals surface area contributed by atoms with Gasteiger partial charge in [-0.1, -0.05) is 38.8 Å². The van der Waals surface area contributed by atoms with Gasteiger partial charge in [0.15, 0.2) is 11.6 Å². The number of hydrogen-bond acceptors (Lipinski definition) is 2. The van der Waals surface area contributed by atoms with Gasteiger partial charge in [0.2, 0.25) is 0 Å². The first-order chi connectivity index (χ1) is 9.60. The molecule has 0 saturated heterocycles. The molecule has 2 rings (SSSR count). The molecular formula is C15H14Br2FNO. The number of hydrogen-bond donors (Lipinski definition) is 1. The molecule has 2 aromatic carbocycles. The summed E-state index contributed by atoms with van der Waals surface area (Å²) in [4.78, 5) is 0. The van der Waals surface area contributed by atoms with Crippen LogP contribution in [0.15, 0.2) is 45.3 Å². The fourth-order valence-corrected chi connectivity index (χ4v) is 2.46. The molecule has 0 unspecified atom stereocenters. The maximum absolute atomic E-state index is 13.8. The average molecular weight is 403 g/mol. The molecule has 2 nitrogen and oxygen atoms in total. The predicted molar refractivity (Wildman–Crippen MR) is 85.7 cm³/mol. The lowest BCUT2D eigenvalue weighted by atomic mass is 10.2. The summed E-state index contributed by atoms with van der Waals surface area (Å²) in [5.74, 6) is 0.473. The Balaban J connectivity index is 2.27. The first-order valence-electron chi connectivity index (χ1n) is 6.22. The molecule has 0 spiro atoms. The monoisotopic (exact) mass is 401 g/mol. The molecule has 0 bridgehead atoms. The van der Waals surface area contributed by atoms with Crippen molar-refractivity contribution in [2.75, 3.05) is 6.54 Å². The third kappa shape index (κ3) is 4.04. The molecule has 1 N–H and O–H groups in total. The maximum Gasteiger partial charge on any atom is 0.166 e. The first kappa shape index (κ1) is 15.5. The van der Waals surface area contributed by atoms with E-state index < -0.39 is 5.82 Å². The highest BCUT2D eigenvalue weighted by Crippen LogP contribution is 2.30. The Bertz CT molecular complexity index is 604. The molecule has 0 aliphatic rings. The third-order valence-electron chi connectivity index (χ3n) is 2.70. The summed E-state index contributed by atoms with van der Waals surface area (Å²) in [6.07, 6.45) is 0. The Morgan fingerprint density at radius 1 is 1.05 bits per heavy atom. The highest BCUT2D eigenvalue weighted by atomic mass is 79.9. The molecule has 0 aliphatic carbocycles. The smallest absolute Gasteiger partial charge is 0.166 e. The summed E-state index contributed by atoms with van der Waals surface area (Å²) >= 11 is 6.66. The molecule has 0 radical (unpaired) electrons. The van der Waals surface area contributed by atoms with Crippen molar-refractivity contribution in [3.63, 3.8) is 0 Å². The minimum Gasteiger partial charge on any atom is -0.454 e. The lowest BCUT2D eigenvalue weighted by Crippen LogP contribution is -2.12. The maximum atomic E-state index is 13.8. The van der Waals surface area contributed by atoms with E-state index in [1.54, 1.807) is 12.1 Å². The molecule has 0 aromatic heterocycles. The Hall–Kier alpha value is -0.910. The van der Waals surface area contributed by atoms with Crippen molar-refractivity contribution in [1.82, 2.24) is 5.32 Å². The van der Waals surface area contributed by atoms with E-state index in [1.807, 2.05) is 25.1 Å². The zero-order valence-corrected chi connectivity index (χ0v) is 14.1. The molecular weight excluding hydrogens is 389 g/mol. The number of ether oxygens (including phenoxy) is 1. The highest BCUT2D eigenvalue weighted by molar-refractivity contribution is 9.10. The standard InChI is InChI=1S/C15H14Br2FNO/c1-2-19-9-10-7-11(16)3-5-14(10)20-15-6-4-12(17)8-13(15)18/h3-8,19H,2,9H2,1H3. The van der Waals surface area contributed by atoms with Gasteiger partial charge in [-0.15, -0.1) is 0 Å². The molecule has 0 fully saturated rings. The summed E-state index contributed by atoms with van der Waals surface area (Å²) in [5, 5.41) is 3.24. The fraction of sp³-hybridized carbons (Fsp3) is 0.200. The van der Waals surface area contributed by atoms with Crippen LogP contribution in [-0.4, -0.2) is 6.54 Å². The number of benzene rings is 2. The summed E-state index contributed by atoms with van der Waals surface area (Å²) < 4.78 is 21.2. The second-order valence-electron chi connectivity index (χ2n) is 4.21. The van der Waals surface area contributed by atoms with E-state index in [0.717, 1.165) is 16.6 Å². The van der Waals surface area contributed by atoms with Crippen LogP contribution in [0.25, 0.3) is 0 Å². The van der Waals surface area contributed by atoms with E-state index in [-0.39, 0.29) is 5.75 Å². The van der Waals surface area contributed by atoms with Crippen molar-refractivity contribution in [1.29, 1.82) is 0 Å². The molecule has 0 atom stereocenters. The van der Waals surface area contributed by atoms with Crippen molar-refractivity contribution in [2.24, 2.45) is 0 Å². The Morgan fingerprint density at radius 3 is 2.35 bits per heavy atom. The predicted octanol–water partition coefficient (Wildman–Crippen LogP) is 5.25. The molecule has 0 saturated carbocycles. The van der Waals surface area contributed by atoms with Crippen LogP contribution in [0.4, 0.5) is 4.39 Å². The van der Waals surface area contributed by atoms with Gasteiger partial charge in [-0.2, -0.15) is 0 Å². The minimum absolute atomic E-state index is 0.216. The normalized spacial score (nSPS) is 10.6. The largest absolute Gasteiger partial charge is 0.454 e.